The normalized spacial score (nSPS) is 20.9. The van der Waals surface area contributed by atoms with Crippen LogP contribution in [0.15, 0.2) is 18.2 Å². The van der Waals surface area contributed by atoms with E-state index in [0.29, 0.717) is 12.0 Å². The zero-order chi connectivity index (χ0) is 10.3. The fourth-order valence-electron chi connectivity index (χ4n) is 1.32. The molecule has 0 aromatic heterocycles. The van der Waals surface area contributed by atoms with Crippen molar-refractivity contribution in [2.45, 2.75) is 12.3 Å². The number of halogens is 2. The molecule has 0 saturated heterocycles. The van der Waals surface area contributed by atoms with Gasteiger partial charge in [0.05, 0.1) is 4.92 Å². The van der Waals surface area contributed by atoms with Crippen molar-refractivity contribution in [2.24, 2.45) is 0 Å². The number of nitrogens with zero attached hydrogens (tertiary/aromatic N) is 1. The molecule has 1 saturated carbocycles. The van der Waals surface area contributed by atoms with Gasteiger partial charge in [-0.15, -0.1) is 0 Å². The van der Waals surface area contributed by atoms with Crippen LogP contribution in [0.1, 0.15) is 17.9 Å². The summed E-state index contributed by atoms with van der Waals surface area (Å²) in [7, 11) is 0. The van der Waals surface area contributed by atoms with Crippen LogP contribution in [0.3, 0.4) is 0 Å². The van der Waals surface area contributed by atoms with Crippen LogP contribution >= 0.6 is 11.6 Å². The lowest BCUT2D eigenvalue weighted by molar-refractivity contribution is -0.384. The molecule has 1 aromatic carbocycles. The zero-order valence-corrected chi connectivity index (χ0v) is 7.79. The molecular formula is C9H6ClFNO2. The molecule has 1 radical (unpaired) electrons. The topological polar surface area (TPSA) is 43.1 Å². The van der Waals surface area contributed by atoms with Crippen molar-refractivity contribution in [2.75, 3.05) is 0 Å². The molecule has 0 aliphatic heterocycles. The van der Waals surface area contributed by atoms with Crippen molar-refractivity contribution < 1.29 is 9.31 Å². The quantitative estimate of drug-likeness (QED) is 0.560. The van der Waals surface area contributed by atoms with E-state index in [9.17, 15) is 14.5 Å². The second kappa shape index (κ2) is 3.20. The summed E-state index contributed by atoms with van der Waals surface area (Å²) < 4.78 is 12.6. The molecule has 1 aliphatic rings. The monoisotopic (exact) mass is 214 g/mol. The van der Waals surface area contributed by atoms with Gasteiger partial charge in [0.2, 0.25) is 0 Å². The summed E-state index contributed by atoms with van der Waals surface area (Å²) in [6.07, 6.45) is 0.250. The van der Waals surface area contributed by atoms with Crippen LogP contribution in [0, 0.1) is 16.3 Å². The van der Waals surface area contributed by atoms with Crippen LogP contribution < -0.4 is 0 Å². The van der Waals surface area contributed by atoms with Gasteiger partial charge in [-0.05, 0) is 18.1 Å². The minimum Gasteiger partial charge on any atom is -0.258 e. The maximum Gasteiger partial charge on any atom is 0.288 e. The van der Waals surface area contributed by atoms with E-state index in [-0.39, 0.29) is 22.8 Å². The minimum absolute atomic E-state index is 0.0832. The molecule has 0 N–H and O–H groups in total. The third-order valence-corrected chi connectivity index (χ3v) is 2.51. The van der Waals surface area contributed by atoms with Crippen LogP contribution in [-0.4, -0.2) is 4.92 Å². The lowest BCUT2D eigenvalue weighted by Gasteiger charge is -1.99. The molecule has 5 heteroatoms. The summed E-state index contributed by atoms with van der Waals surface area (Å²) in [5.41, 5.74) is 0.461. The number of hydrogen-bond acceptors (Lipinski definition) is 2. The SMILES string of the molecule is O=[N+]([O-])c1cc(C2C[C]2F)ccc1Cl. The second-order valence-electron chi connectivity index (χ2n) is 3.17. The highest BCUT2D eigenvalue weighted by molar-refractivity contribution is 6.32. The van der Waals surface area contributed by atoms with Gasteiger partial charge in [-0.3, -0.25) is 10.1 Å². The highest BCUT2D eigenvalue weighted by Crippen LogP contribution is 2.51. The summed E-state index contributed by atoms with van der Waals surface area (Å²) >= 11 is 5.61. The second-order valence-corrected chi connectivity index (χ2v) is 3.58. The molecule has 73 valence electrons. The summed E-state index contributed by atoms with van der Waals surface area (Å²) in [6.45, 7) is 0. The predicted molar refractivity (Wildman–Crippen MR) is 49.8 cm³/mol. The van der Waals surface area contributed by atoms with Crippen molar-refractivity contribution >= 4 is 17.3 Å². The molecule has 0 bridgehead atoms. The van der Waals surface area contributed by atoms with Crippen LogP contribution in [0.25, 0.3) is 0 Å². The molecule has 0 heterocycles. The highest BCUT2D eigenvalue weighted by Gasteiger charge is 2.41. The van der Waals surface area contributed by atoms with Crippen molar-refractivity contribution in [1.29, 1.82) is 0 Å². The Morgan fingerprint density at radius 3 is 2.71 bits per heavy atom. The maximum atomic E-state index is 12.6. The van der Waals surface area contributed by atoms with Crippen molar-refractivity contribution in [3.05, 3.63) is 45.1 Å². The summed E-state index contributed by atoms with van der Waals surface area (Å²) in [5, 5.41) is 10.6. The fourth-order valence-corrected chi connectivity index (χ4v) is 1.51. The van der Waals surface area contributed by atoms with E-state index in [2.05, 4.69) is 0 Å². The Labute approximate surface area is 84.6 Å². The number of benzene rings is 1. The van der Waals surface area contributed by atoms with Gasteiger partial charge in [-0.2, -0.15) is 0 Å². The molecule has 3 nitrogen and oxygen atoms in total. The molecule has 1 aliphatic carbocycles. The first-order valence-corrected chi connectivity index (χ1v) is 4.42. The molecule has 1 unspecified atom stereocenters. The Hall–Kier alpha value is -1.16. The Balaban J connectivity index is 2.36. The standard InChI is InChI=1S/C9H6ClFNO2/c10-7-2-1-5(6-4-8(6)11)3-9(7)12(13)14/h1-3,6H,4H2. The van der Waals surface area contributed by atoms with Crippen LogP contribution in [0.4, 0.5) is 10.1 Å². The van der Waals surface area contributed by atoms with Crippen molar-refractivity contribution in [1.82, 2.24) is 0 Å². The van der Waals surface area contributed by atoms with E-state index in [0.717, 1.165) is 0 Å². The predicted octanol–water partition coefficient (Wildman–Crippen LogP) is 3.24. The maximum absolute atomic E-state index is 12.6. The van der Waals surface area contributed by atoms with Crippen molar-refractivity contribution in [3.8, 4) is 0 Å². The third kappa shape index (κ3) is 1.57. The van der Waals surface area contributed by atoms with E-state index in [1.54, 1.807) is 6.07 Å². The fraction of sp³-hybridized carbons (Fsp3) is 0.222. The average Bonchev–Trinajstić information content (AvgIpc) is 2.83. The van der Waals surface area contributed by atoms with Crippen molar-refractivity contribution in [3.63, 3.8) is 0 Å². The number of nitro groups is 1. The molecule has 1 fully saturated rings. The van der Waals surface area contributed by atoms with E-state index in [4.69, 9.17) is 11.6 Å². The van der Waals surface area contributed by atoms with Gasteiger partial charge in [0.1, 0.15) is 5.02 Å². The number of nitro benzene ring substituents is 1. The third-order valence-electron chi connectivity index (χ3n) is 2.19. The highest BCUT2D eigenvalue weighted by atomic mass is 35.5. The first-order valence-electron chi connectivity index (χ1n) is 4.04. The minimum atomic E-state index is -0.563. The molecule has 0 spiro atoms. The molecule has 1 aromatic rings. The average molecular weight is 215 g/mol. The molecular weight excluding hydrogens is 209 g/mol. The Bertz CT molecular complexity index is 396. The van der Waals surface area contributed by atoms with Gasteiger partial charge in [0.15, 0.2) is 6.17 Å². The molecule has 0 amide bonds. The van der Waals surface area contributed by atoms with E-state index in [1.165, 1.54) is 12.1 Å². The van der Waals surface area contributed by atoms with Crippen LogP contribution in [-0.2, 0) is 0 Å². The van der Waals surface area contributed by atoms with E-state index < -0.39 is 4.92 Å². The Kier molecular flexibility index (Phi) is 2.15. The summed E-state index contributed by atoms with van der Waals surface area (Å²) in [5.74, 6) is -0.258. The van der Waals surface area contributed by atoms with Gasteiger partial charge in [0, 0.05) is 12.0 Å². The number of hydrogen-bond donors (Lipinski definition) is 0. The lowest BCUT2D eigenvalue weighted by atomic mass is 10.1. The van der Waals surface area contributed by atoms with Crippen LogP contribution in [0.5, 0.6) is 0 Å². The number of rotatable bonds is 2. The van der Waals surface area contributed by atoms with Gasteiger partial charge in [-0.25, -0.2) is 4.39 Å². The first-order chi connectivity index (χ1) is 6.59. The largest absolute Gasteiger partial charge is 0.288 e. The van der Waals surface area contributed by atoms with Gasteiger partial charge in [0.25, 0.3) is 5.69 Å². The zero-order valence-electron chi connectivity index (χ0n) is 7.04. The van der Waals surface area contributed by atoms with Crippen LogP contribution in [0.2, 0.25) is 5.02 Å². The first kappa shape index (κ1) is 9.40. The molecule has 1 atom stereocenters. The molecule has 2 rings (SSSR count). The summed E-state index contributed by atoms with van der Waals surface area (Å²) in [6, 6.07) is 4.38. The van der Waals surface area contributed by atoms with E-state index >= 15 is 0 Å². The summed E-state index contributed by atoms with van der Waals surface area (Å²) in [4.78, 5) is 9.96. The van der Waals surface area contributed by atoms with Gasteiger partial charge in [-0.1, -0.05) is 17.7 Å². The van der Waals surface area contributed by atoms with E-state index in [1.807, 2.05) is 0 Å². The smallest absolute Gasteiger partial charge is 0.258 e. The molecule has 14 heavy (non-hydrogen) atoms. The van der Waals surface area contributed by atoms with Gasteiger partial charge < -0.3 is 0 Å². The van der Waals surface area contributed by atoms with Gasteiger partial charge >= 0.3 is 0 Å². The lowest BCUT2D eigenvalue weighted by Crippen LogP contribution is -1.91. The Morgan fingerprint density at radius 2 is 2.21 bits per heavy atom. The Morgan fingerprint density at radius 1 is 1.57 bits per heavy atom.